The van der Waals surface area contributed by atoms with Gasteiger partial charge in [0.1, 0.15) is 11.5 Å². The molecule has 1 aromatic carbocycles. The Labute approximate surface area is 131 Å². The number of ether oxygens (including phenoxy) is 2. The molecule has 1 atom stereocenters. The van der Waals surface area contributed by atoms with Crippen LogP contribution in [0.5, 0.6) is 11.5 Å². The monoisotopic (exact) mass is 389 g/mol. The van der Waals surface area contributed by atoms with Gasteiger partial charge in [0.15, 0.2) is 0 Å². The van der Waals surface area contributed by atoms with E-state index in [1.54, 1.807) is 25.6 Å². The van der Waals surface area contributed by atoms with Gasteiger partial charge in [-0.05, 0) is 64.3 Å². The lowest BCUT2D eigenvalue weighted by Gasteiger charge is -2.17. The van der Waals surface area contributed by atoms with Crippen LogP contribution < -0.4 is 14.8 Å². The van der Waals surface area contributed by atoms with E-state index in [9.17, 15) is 0 Å². The maximum atomic E-state index is 5.33. The summed E-state index contributed by atoms with van der Waals surface area (Å²) >= 11 is 4.09. The van der Waals surface area contributed by atoms with E-state index in [4.69, 9.17) is 9.47 Å². The van der Waals surface area contributed by atoms with E-state index in [-0.39, 0.29) is 6.04 Å². The first-order chi connectivity index (χ1) is 9.17. The van der Waals surface area contributed by atoms with E-state index in [1.165, 1.54) is 8.45 Å². The standard InChI is InChI=1S/C14H16INO2S/c1-16-14(10-6-13(15)19-8-10)9-4-11(17-2)7-12(5-9)18-3/h4-8,14,16H,1-3H3. The Kier molecular flexibility index (Phi) is 5.06. The van der Waals surface area contributed by atoms with Gasteiger partial charge in [-0.15, -0.1) is 11.3 Å². The normalized spacial score (nSPS) is 12.2. The van der Waals surface area contributed by atoms with Crippen molar-refractivity contribution < 1.29 is 9.47 Å². The summed E-state index contributed by atoms with van der Waals surface area (Å²) in [4.78, 5) is 0. The Morgan fingerprint density at radius 2 is 1.68 bits per heavy atom. The zero-order valence-corrected chi connectivity index (χ0v) is 14.0. The molecule has 3 nitrogen and oxygen atoms in total. The molecule has 2 aromatic rings. The Morgan fingerprint density at radius 3 is 2.11 bits per heavy atom. The maximum Gasteiger partial charge on any atom is 0.122 e. The van der Waals surface area contributed by atoms with Gasteiger partial charge in [-0.3, -0.25) is 0 Å². The van der Waals surface area contributed by atoms with Gasteiger partial charge in [0.2, 0.25) is 0 Å². The molecule has 2 rings (SSSR count). The fourth-order valence-electron chi connectivity index (χ4n) is 2.00. The third kappa shape index (κ3) is 3.40. The second kappa shape index (κ2) is 6.58. The van der Waals surface area contributed by atoms with Crippen LogP contribution in [0.25, 0.3) is 0 Å². The van der Waals surface area contributed by atoms with E-state index in [1.807, 2.05) is 25.2 Å². The predicted molar refractivity (Wildman–Crippen MR) is 87.5 cm³/mol. The molecule has 1 heterocycles. The van der Waals surface area contributed by atoms with Gasteiger partial charge < -0.3 is 14.8 Å². The van der Waals surface area contributed by atoms with Crippen LogP contribution in [0, 0.1) is 2.88 Å². The fourth-order valence-corrected chi connectivity index (χ4v) is 3.39. The lowest BCUT2D eigenvalue weighted by molar-refractivity contribution is 0.392. The van der Waals surface area contributed by atoms with Crippen LogP contribution in [0.1, 0.15) is 17.2 Å². The van der Waals surface area contributed by atoms with Crippen LogP contribution in [0.15, 0.2) is 29.6 Å². The highest BCUT2D eigenvalue weighted by atomic mass is 127. The summed E-state index contributed by atoms with van der Waals surface area (Å²) in [5, 5.41) is 5.52. The van der Waals surface area contributed by atoms with E-state index in [0.29, 0.717) is 0 Å². The number of rotatable bonds is 5. The fraction of sp³-hybridized carbons (Fsp3) is 0.286. The Hall–Kier alpha value is -0.790. The number of hydrogen-bond acceptors (Lipinski definition) is 4. The van der Waals surface area contributed by atoms with Crippen molar-refractivity contribution in [2.24, 2.45) is 0 Å². The number of benzene rings is 1. The van der Waals surface area contributed by atoms with Crippen LogP contribution in [0.3, 0.4) is 0 Å². The van der Waals surface area contributed by atoms with Crippen molar-refractivity contribution in [3.8, 4) is 11.5 Å². The second-order valence-electron chi connectivity index (χ2n) is 4.05. The highest BCUT2D eigenvalue weighted by Gasteiger charge is 2.15. The molecule has 0 aliphatic carbocycles. The van der Waals surface area contributed by atoms with Crippen LogP contribution in [0.4, 0.5) is 0 Å². The van der Waals surface area contributed by atoms with E-state index < -0.39 is 0 Å². The molecule has 102 valence electrons. The smallest absolute Gasteiger partial charge is 0.122 e. The number of methoxy groups -OCH3 is 2. The molecule has 0 radical (unpaired) electrons. The first-order valence-electron chi connectivity index (χ1n) is 5.82. The van der Waals surface area contributed by atoms with Crippen LogP contribution in [0.2, 0.25) is 0 Å². The Bertz CT molecular complexity index is 534. The first kappa shape index (κ1) is 14.6. The van der Waals surface area contributed by atoms with Crippen molar-refractivity contribution >= 4 is 33.9 Å². The lowest BCUT2D eigenvalue weighted by atomic mass is 10.0. The van der Waals surface area contributed by atoms with Gasteiger partial charge in [-0.2, -0.15) is 0 Å². The molecular weight excluding hydrogens is 373 g/mol. The zero-order chi connectivity index (χ0) is 13.8. The zero-order valence-electron chi connectivity index (χ0n) is 11.1. The van der Waals surface area contributed by atoms with Gasteiger partial charge in [0.25, 0.3) is 0 Å². The molecule has 1 aromatic heterocycles. The molecule has 0 aliphatic heterocycles. The molecule has 1 unspecified atom stereocenters. The van der Waals surface area contributed by atoms with Crippen molar-refractivity contribution in [1.29, 1.82) is 0 Å². The number of hydrogen-bond donors (Lipinski definition) is 1. The Balaban J connectivity index is 2.42. The van der Waals surface area contributed by atoms with Gasteiger partial charge >= 0.3 is 0 Å². The maximum absolute atomic E-state index is 5.33. The largest absolute Gasteiger partial charge is 0.497 e. The van der Waals surface area contributed by atoms with Gasteiger partial charge in [-0.1, -0.05) is 0 Å². The van der Waals surface area contributed by atoms with Crippen molar-refractivity contribution in [2.75, 3.05) is 21.3 Å². The van der Waals surface area contributed by atoms with Crippen molar-refractivity contribution in [2.45, 2.75) is 6.04 Å². The minimum atomic E-state index is 0.142. The second-order valence-corrected chi connectivity index (χ2v) is 6.86. The van der Waals surface area contributed by atoms with Crippen LogP contribution in [-0.2, 0) is 0 Å². The molecular formula is C14H16INO2S. The average Bonchev–Trinajstić information content (AvgIpc) is 2.85. The first-order valence-corrected chi connectivity index (χ1v) is 7.78. The topological polar surface area (TPSA) is 30.5 Å². The quantitative estimate of drug-likeness (QED) is 0.792. The minimum absolute atomic E-state index is 0.142. The molecule has 0 bridgehead atoms. The molecule has 0 fully saturated rings. The third-order valence-electron chi connectivity index (χ3n) is 2.92. The molecule has 19 heavy (non-hydrogen) atoms. The van der Waals surface area contributed by atoms with E-state index >= 15 is 0 Å². The van der Waals surface area contributed by atoms with Gasteiger partial charge in [-0.25, -0.2) is 0 Å². The van der Waals surface area contributed by atoms with Gasteiger partial charge in [0.05, 0.1) is 23.1 Å². The molecule has 0 saturated heterocycles. The van der Waals surface area contributed by atoms with Crippen molar-refractivity contribution in [3.63, 3.8) is 0 Å². The number of halogens is 1. The summed E-state index contributed by atoms with van der Waals surface area (Å²) in [6, 6.07) is 8.29. The van der Waals surface area contributed by atoms with Crippen molar-refractivity contribution in [3.05, 3.63) is 43.7 Å². The predicted octanol–water partition coefficient (Wildman–Crippen LogP) is 3.68. The van der Waals surface area contributed by atoms with Crippen LogP contribution in [-0.4, -0.2) is 21.3 Å². The summed E-state index contributed by atoms with van der Waals surface area (Å²) < 4.78 is 11.9. The molecule has 5 heteroatoms. The number of thiophene rings is 1. The summed E-state index contributed by atoms with van der Waals surface area (Å²) in [6.07, 6.45) is 0. The molecule has 0 amide bonds. The van der Waals surface area contributed by atoms with E-state index in [0.717, 1.165) is 17.1 Å². The third-order valence-corrected chi connectivity index (χ3v) is 4.72. The van der Waals surface area contributed by atoms with Crippen LogP contribution >= 0.6 is 33.9 Å². The summed E-state index contributed by atoms with van der Waals surface area (Å²) in [5.41, 5.74) is 2.39. The SMILES string of the molecule is CNC(c1cc(OC)cc(OC)c1)c1csc(I)c1. The lowest BCUT2D eigenvalue weighted by Crippen LogP contribution is -2.17. The Morgan fingerprint density at radius 1 is 1.05 bits per heavy atom. The number of nitrogens with one attached hydrogen (secondary N) is 1. The highest BCUT2D eigenvalue weighted by Crippen LogP contribution is 2.32. The minimum Gasteiger partial charge on any atom is -0.497 e. The molecule has 1 N–H and O–H groups in total. The van der Waals surface area contributed by atoms with E-state index in [2.05, 4.69) is 39.4 Å². The highest BCUT2D eigenvalue weighted by molar-refractivity contribution is 14.1. The summed E-state index contributed by atoms with van der Waals surface area (Å²) in [7, 11) is 5.29. The summed E-state index contributed by atoms with van der Waals surface area (Å²) in [5.74, 6) is 1.61. The molecule has 0 spiro atoms. The molecule has 0 saturated carbocycles. The summed E-state index contributed by atoms with van der Waals surface area (Å²) in [6.45, 7) is 0. The molecule has 0 aliphatic rings. The van der Waals surface area contributed by atoms with Gasteiger partial charge in [0, 0.05) is 6.07 Å². The average molecular weight is 389 g/mol. The van der Waals surface area contributed by atoms with Crippen molar-refractivity contribution in [1.82, 2.24) is 5.32 Å².